The smallest absolute Gasteiger partial charge is 0.252 e. The predicted octanol–water partition coefficient (Wildman–Crippen LogP) is 4.74. The highest BCUT2D eigenvalue weighted by molar-refractivity contribution is 7.22. The number of amides is 1. The number of anilines is 1. The fourth-order valence-electron chi connectivity index (χ4n) is 3.57. The predicted molar refractivity (Wildman–Crippen MR) is 127 cm³/mol. The van der Waals surface area contributed by atoms with E-state index in [1.54, 1.807) is 28.7 Å². The number of morpholine rings is 1. The maximum atomic E-state index is 13.1. The second-order valence-electron chi connectivity index (χ2n) is 7.52. The Hall–Kier alpha value is -2.06. The van der Waals surface area contributed by atoms with Crippen molar-refractivity contribution in [2.45, 2.75) is 20.3 Å². The standard InChI is InChI=1S/C23H27N3O2S2/c1-17-6-7-18(2)22-21(17)24-23(30-22)26(11-4-10-25-12-14-28-15-13-25)20(27)9-8-19-5-3-16-29-19/h3,5-9,16H,4,10-15H2,1-2H3/b9-8+. The minimum Gasteiger partial charge on any atom is -0.379 e. The fraction of sp³-hybridized carbons (Fsp3) is 0.391. The van der Waals surface area contributed by atoms with Gasteiger partial charge in [-0.25, -0.2) is 4.98 Å². The van der Waals surface area contributed by atoms with Crippen molar-refractivity contribution in [3.05, 3.63) is 51.7 Å². The number of aryl methyl sites for hydroxylation is 2. The summed E-state index contributed by atoms with van der Waals surface area (Å²) in [5.41, 5.74) is 3.35. The summed E-state index contributed by atoms with van der Waals surface area (Å²) in [6.45, 7) is 9.31. The molecule has 0 saturated carbocycles. The average Bonchev–Trinajstić information content (AvgIpc) is 3.44. The molecule has 0 spiro atoms. The second kappa shape index (κ2) is 9.83. The number of carbonyl (C=O) groups excluding carboxylic acids is 1. The molecule has 0 bridgehead atoms. The molecule has 158 valence electrons. The highest BCUT2D eigenvalue weighted by Gasteiger charge is 2.20. The summed E-state index contributed by atoms with van der Waals surface area (Å²) >= 11 is 3.24. The van der Waals surface area contributed by atoms with Gasteiger partial charge in [0.25, 0.3) is 5.91 Å². The van der Waals surface area contributed by atoms with Gasteiger partial charge in [-0.05, 0) is 48.9 Å². The van der Waals surface area contributed by atoms with Crippen molar-refractivity contribution >= 4 is 50.0 Å². The van der Waals surface area contributed by atoms with Gasteiger partial charge in [0.1, 0.15) is 0 Å². The third-order valence-corrected chi connectivity index (χ3v) is 7.37. The number of aromatic nitrogens is 1. The quantitative estimate of drug-likeness (QED) is 0.497. The van der Waals surface area contributed by atoms with E-state index < -0.39 is 0 Å². The van der Waals surface area contributed by atoms with E-state index in [1.807, 2.05) is 28.5 Å². The van der Waals surface area contributed by atoms with Crippen molar-refractivity contribution in [2.24, 2.45) is 0 Å². The molecule has 0 atom stereocenters. The first-order valence-corrected chi connectivity index (χ1v) is 12.0. The van der Waals surface area contributed by atoms with Crippen LogP contribution < -0.4 is 4.90 Å². The summed E-state index contributed by atoms with van der Waals surface area (Å²) in [5, 5.41) is 2.80. The lowest BCUT2D eigenvalue weighted by Gasteiger charge is -2.27. The molecule has 1 aromatic carbocycles. The molecule has 1 saturated heterocycles. The number of thiazole rings is 1. The van der Waals surface area contributed by atoms with Crippen molar-refractivity contribution < 1.29 is 9.53 Å². The zero-order chi connectivity index (χ0) is 20.9. The SMILES string of the molecule is Cc1ccc(C)c2sc(N(CCCN3CCOCC3)C(=O)/C=C/c3cccs3)nc12. The van der Waals surface area contributed by atoms with Crippen LogP contribution in [0.2, 0.25) is 0 Å². The Morgan fingerprint density at radius 2 is 2.03 bits per heavy atom. The summed E-state index contributed by atoms with van der Waals surface area (Å²) < 4.78 is 6.60. The Morgan fingerprint density at radius 1 is 1.23 bits per heavy atom. The molecule has 30 heavy (non-hydrogen) atoms. The van der Waals surface area contributed by atoms with Gasteiger partial charge in [-0.3, -0.25) is 14.6 Å². The van der Waals surface area contributed by atoms with Crippen LogP contribution >= 0.6 is 22.7 Å². The number of carbonyl (C=O) groups is 1. The Morgan fingerprint density at radius 3 is 2.77 bits per heavy atom. The van der Waals surface area contributed by atoms with E-state index >= 15 is 0 Å². The largest absolute Gasteiger partial charge is 0.379 e. The first-order valence-electron chi connectivity index (χ1n) is 10.3. The van der Waals surface area contributed by atoms with Crippen LogP contribution in [0.5, 0.6) is 0 Å². The molecule has 4 rings (SSSR count). The molecule has 0 N–H and O–H groups in total. The number of fused-ring (bicyclic) bond motifs is 1. The van der Waals surface area contributed by atoms with Gasteiger partial charge in [0.2, 0.25) is 0 Å². The molecule has 1 aliphatic heterocycles. The van der Waals surface area contributed by atoms with Crippen LogP contribution in [0.1, 0.15) is 22.4 Å². The van der Waals surface area contributed by atoms with Gasteiger partial charge in [0, 0.05) is 37.1 Å². The molecular formula is C23H27N3O2S2. The summed E-state index contributed by atoms with van der Waals surface area (Å²) in [7, 11) is 0. The molecule has 3 aromatic rings. The Labute approximate surface area is 185 Å². The van der Waals surface area contributed by atoms with E-state index in [9.17, 15) is 4.79 Å². The van der Waals surface area contributed by atoms with Crippen molar-refractivity contribution in [3.63, 3.8) is 0 Å². The van der Waals surface area contributed by atoms with Crippen LogP contribution in [0.15, 0.2) is 35.7 Å². The maximum Gasteiger partial charge on any atom is 0.252 e. The number of thiophene rings is 1. The summed E-state index contributed by atoms with van der Waals surface area (Å²) in [4.78, 5) is 23.3. The molecule has 2 aromatic heterocycles. The number of hydrogen-bond donors (Lipinski definition) is 0. The number of rotatable bonds is 7. The van der Waals surface area contributed by atoms with Crippen molar-refractivity contribution in [1.82, 2.24) is 9.88 Å². The van der Waals surface area contributed by atoms with Gasteiger partial charge in [-0.2, -0.15) is 0 Å². The summed E-state index contributed by atoms with van der Waals surface area (Å²) in [6.07, 6.45) is 4.48. The summed E-state index contributed by atoms with van der Waals surface area (Å²) in [5.74, 6) is -0.0141. The monoisotopic (exact) mass is 441 g/mol. The molecule has 5 nitrogen and oxygen atoms in total. The first-order chi connectivity index (χ1) is 14.6. The normalized spacial score (nSPS) is 15.3. The number of ether oxygens (including phenoxy) is 1. The van der Waals surface area contributed by atoms with Crippen molar-refractivity contribution in [3.8, 4) is 0 Å². The van der Waals surface area contributed by atoms with Gasteiger partial charge >= 0.3 is 0 Å². The number of benzene rings is 1. The Balaban J connectivity index is 1.55. The molecule has 1 fully saturated rings. The Kier molecular flexibility index (Phi) is 6.94. The molecule has 0 aliphatic carbocycles. The average molecular weight is 442 g/mol. The van der Waals surface area contributed by atoms with Gasteiger partial charge in [0.15, 0.2) is 5.13 Å². The van der Waals surface area contributed by atoms with E-state index in [1.165, 1.54) is 10.3 Å². The number of nitrogens with zero attached hydrogens (tertiary/aromatic N) is 3. The zero-order valence-electron chi connectivity index (χ0n) is 17.5. The zero-order valence-corrected chi connectivity index (χ0v) is 19.1. The van der Waals surface area contributed by atoms with E-state index in [-0.39, 0.29) is 5.91 Å². The molecular weight excluding hydrogens is 414 g/mol. The lowest BCUT2D eigenvalue weighted by Crippen LogP contribution is -2.39. The third-order valence-electron chi connectivity index (χ3n) is 5.32. The van der Waals surface area contributed by atoms with Gasteiger partial charge in [-0.15, -0.1) is 11.3 Å². The third kappa shape index (κ3) is 4.98. The maximum absolute atomic E-state index is 13.1. The minimum atomic E-state index is -0.0141. The number of hydrogen-bond acceptors (Lipinski definition) is 6. The van der Waals surface area contributed by atoms with Crippen LogP contribution in [0, 0.1) is 13.8 Å². The topological polar surface area (TPSA) is 45.7 Å². The first kappa shape index (κ1) is 21.2. The van der Waals surface area contributed by atoms with Crippen LogP contribution in [0.3, 0.4) is 0 Å². The van der Waals surface area contributed by atoms with E-state index in [0.29, 0.717) is 6.54 Å². The molecule has 1 amide bonds. The summed E-state index contributed by atoms with van der Waals surface area (Å²) in [6, 6.07) is 8.24. The molecule has 0 unspecified atom stereocenters. The highest BCUT2D eigenvalue weighted by Crippen LogP contribution is 2.33. The van der Waals surface area contributed by atoms with Gasteiger partial charge in [-0.1, -0.05) is 29.5 Å². The van der Waals surface area contributed by atoms with Crippen LogP contribution in [0.4, 0.5) is 5.13 Å². The van der Waals surface area contributed by atoms with Gasteiger partial charge in [0.05, 0.1) is 23.4 Å². The van der Waals surface area contributed by atoms with E-state index in [0.717, 1.165) is 60.4 Å². The molecule has 7 heteroatoms. The van der Waals surface area contributed by atoms with Crippen LogP contribution in [-0.2, 0) is 9.53 Å². The lowest BCUT2D eigenvalue weighted by atomic mass is 10.1. The minimum absolute atomic E-state index is 0.0141. The van der Waals surface area contributed by atoms with E-state index in [2.05, 4.69) is 30.9 Å². The van der Waals surface area contributed by atoms with Crippen molar-refractivity contribution in [2.75, 3.05) is 44.3 Å². The molecule has 0 radical (unpaired) electrons. The highest BCUT2D eigenvalue weighted by atomic mass is 32.1. The fourth-order valence-corrected chi connectivity index (χ4v) is 5.33. The molecule has 3 heterocycles. The van der Waals surface area contributed by atoms with Crippen molar-refractivity contribution in [1.29, 1.82) is 0 Å². The Bertz CT molecular complexity index is 982. The van der Waals surface area contributed by atoms with Crippen LogP contribution in [0.25, 0.3) is 16.3 Å². The van der Waals surface area contributed by atoms with E-state index in [4.69, 9.17) is 9.72 Å². The lowest BCUT2D eigenvalue weighted by molar-refractivity contribution is -0.114. The van der Waals surface area contributed by atoms with Gasteiger partial charge < -0.3 is 4.74 Å². The molecule has 1 aliphatic rings. The van der Waals surface area contributed by atoms with Crippen LogP contribution in [-0.4, -0.2) is 55.2 Å². The second-order valence-corrected chi connectivity index (χ2v) is 9.48.